The molecule has 2 rings (SSSR count). The van der Waals surface area contributed by atoms with E-state index in [9.17, 15) is 14.9 Å². The number of carbonyl (C=O) groups is 1. The topological polar surface area (TPSA) is 101 Å². The fourth-order valence-corrected chi connectivity index (χ4v) is 2.78. The summed E-state index contributed by atoms with van der Waals surface area (Å²) < 4.78 is 0. The Hall–Kier alpha value is -2.06. The molecular formula is C13H13ClN4O3S. The average Bonchev–Trinajstić information content (AvgIpc) is 2.77. The molecule has 0 saturated carbocycles. The Bertz CT molecular complexity index is 713. The number of nitro groups is 1. The van der Waals surface area contributed by atoms with Crippen molar-refractivity contribution in [2.75, 3.05) is 11.1 Å². The molecule has 22 heavy (non-hydrogen) atoms. The second-order valence-corrected chi connectivity index (χ2v) is 5.97. The normalized spacial score (nSPS) is 10.5. The summed E-state index contributed by atoms with van der Waals surface area (Å²) in [7, 11) is 0. The second kappa shape index (κ2) is 6.80. The van der Waals surface area contributed by atoms with Gasteiger partial charge in [-0.25, -0.2) is 0 Å². The lowest BCUT2D eigenvalue weighted by molar-refractivity contribution is -0.387. The van der Waals surface area contributed by atoms with Crippen molar-refractivity contribution in [3.8, 4) is 0 Å². The lowest BCUT2D eigenvalue weighted by Gasteiger charge is -2.06. The molecule has 1 amide bonds. The maximum atomic E-state index is 12.0. The number of H-pyrrole nitrogens is 1. The molecule has 0 unspecified atom stereocenters. The third kappa shape index (κ3) is 3.77. The zero-order valence-electron chi connectivity index (χ0n) is 11.8. The number of hydrogen-bond acceptors (Lipinski definition) is 5. The zero-order valence-corrected chi connectivity index (χ0v) is 13.4. The highest BCUT2D eigenvalue weighted by Gasteiger charge is 2.17. The molecule has 116 valence electrons. The quantitative estimate of drug-likeness (QED) is 0.494. The van der Waals surface area contributed by atoms with E-state index in [2.05, 4.69) is 15.5 Å². The van der Waals surface area contributed by atoms with Crippen LogP contribution in [0.2, 0.25) is 5.02 Å². The van der Waals surface area contributed by atoms with E-state index in [1.807, 2.05) is 0 Å². The highest BCUT2D eigenvalue weighted by molar-refractivity contribution is 8.00. The molecule has 1 aromatic carbocycles. The molecule has 9 heteroatoms. The number of anilines is 1. The Kier molecular flexibility index (Phi) is 5.04. The van der Waals surface area contributed by atoms with E-state index in [1.54, 1.807) is 19.9 Å². The molecule has 2 N–H and O–H groups in total. The molecule has 1 heterocycles. The first kappa shape index (κ1) is 16.3. The van der Waals surface area contributed by atoms with Crippen molar-refractivity contribution in [3.05, 3.63) is 44.7 Å². The lowest BCUT2D eigenvalue weighted by atomic mass is 10.3. The van der Waals surface area contributed by atoms with Gasteiger partial charge in [0.1, 0.15) is 0 Å². The second-order valence-electron chi connectivity index (χ2n) is 4.52. The zero-order chi connectivity index (χ0) is 16.3. The Morgan fingerprint density at radius 3 is 2.82 bits per heavy atom. The highest BCUT2D eigenvalue weighted by Crippen LogP contribution is 2.31. The number of benzene rings is 1. The first-order valence-corrected chi connectivity index (χ1v) is 7.63. The molecule has 2 aromatic rings. The van der Waals surface area contributed by atoms with E-state index >= 15 is 0 Å². The van der Waals surface area contributed by atoms with E-state index in [0.29, 0.717) is 16.3 Å². The summed E-state index contributed by atoms with van der Waals surface area (Å²) in [6.45, 7) is 3.57. The molecule has 0 saturated heterocycles. The van der Waals surface area contributed by atoms with Crippen molar-refractivity contribution >= 4 is 40.6 Å². The molecule has 0 radical (unpaired) electrons. The van der Waals surface area contributed by atoms with Crippen LogP contribution in [-0.4, -0.2) is 26.8 Å². The van der Waals surface area contributed by atoms with E-state index in [-0.39, 0.29) is 22.4 Å². The molecular weight excluding hydrogens is 328 g/mol. The summed E-state index contributed by atoms with van der Waals surface area (Å²) in [5, 5.41) is 20.8. The summed E-state index contributed by atoms with van der Waals surface area (Å²) in [5.74, 6) is -0.214. The number of aromatic nitrogens is 2. The van der Waals surface area contributed by atoms with Crippen LogP contribution in [0.3, 0.4) is 0 Å². The van der Waals surface area contributed by atoms with E-state index in [1.165, 1.54) is 12.1 Å². The molecule has 0 aliphatic rings. The standard InChI is InChI=1S/C13H13ClN4O3S/c1-7-13(8(2)17-16-7)15-12(19)6-22-11-4-3-9(14)5-10(11)18(20)21/h3-5H,6H2,1-2H3,(H,15,19)(H,16,17). The monoisotopic (exact) mass is 340 g/mol. The number of halogens is 1. The van der Waals surface area contributed by atoms with Gasteiger partial charge in [0.15, 0.2) is 0 Å². The van der Waals surface area contributed by atoms with Crippen LogP contribution in [0.15, 0.2) is 23.1 Å². The van der Waals surface area contributed by atoms with Crippen molar-refractivity contribution in [3.63, 3.8) is 0 Å². The Balaban J connectivity index is 2.04. The van der Waals surface area contributed by atoms with Gasteiger partial charge in [0.2, 0.25) is 5.91 Å². The fourth-order valence-electron chi connectivity index (χ4n) is 1.81. The van der Waals surface area contributed by atoms with Crippen LogP contribution in [0.4, 0.5) is 11.4 Å². The van der Waals surface area contributed by atoms with Gasteiger partial charge in [-0.2, -0.15) is 5.10 Å². The molecule has 0 atom stereocenters. The Morgan fingerprint density at radius 1 is 1.50 bits per heavy atom. The van der Waals surface area contributed by atoms with E-state index in [4.69, 9.17) is 11.6 Å². The van der Waals surface area contributed by atoms with Gasteiger partial charge in [-0.15, -0.1) is 11.8 Å². The third-order valence-electron chi connectivity index (χ3n) is 2.87. The van der Waals surface area contributed by atoms with Gasteiger partial charge in [-0.05, 0) is 26.0 Å². The minimum absolute atomic E-state index is 0.0481. The summed E-state index contributed by atoms with van der Waals surface area (Å²) >= 11 is 6.83. The largest absolute Gasteiger partial charge is 0.322 e. The van der Waals surface area contributed by atoms with E-state index < -0.39 is 4.92 Å². The van der Waals surface area contributed by atoms with Gasteiger partial charge in [0.05, 0.1) is 32.6 Å². The minimum atomic E-state index is -0.517. The predicted molar refractivity (Wildman–Crippen MR) is 85.5 cm³/mol. The van der Waals surface area contributed by atoms with Crippen molar-refractivity contribution in [1.82, 2.24) is 10.2 Å². The maximum Gasteiger partial charge on any atom is 0.284 e. The predicted octanol–water partition coefficient (Wildman–Crippen LogP) is 3.32. The van der Waals surface area contributed by atoms with Crippen LogP contribution < -0.4 is 5.32 Å². The Labute approximate surface area is 135 Å². The number of hydrogen-bond donors (Lipinski definition) is 2. The highest BCUT2D eigenvalue weighted by atomic mass is 35.5. The molecule has 1 aromatic heterocycles. The minimum Gasteiger partial charge on any atom is -0.322 e. The van der Waals surface area contributed by atoms with Crippen molar-refractivity contribution < 1.29 is 9.72 Å². The van der Waals surface area contributed by atoms with Crippen molar-refractivity contribution in [2.45, 2.75) is 18.7 Å². The van der Waals surface area contributed by atoms with Gasteiger partial charge in [0.25, 0.3) is 5.69 Å². The number of carbonyl (C=O) groups excluding carboxylic acids is 1. The number of amides is 1. The van der Waals surface area contributed by atoms with Gasteiger partial charge >= 0.3 is 0 Å². The van der Waals surface area contributed by atoms with Crippen LogP contribution in [0.25, 0.3) is 0 Å². The Morgan fingerprint density at radius 2 is 2.23 bits per heavy atom. The third-order valence-corrected chi connectivity index (χ3v) is 4.17. The fraction of sp³-hybridized carbons (Fsp3) is 0.231. The summed E-state index contributed by atoms with van der Waals surface area (Å²) in [5.41, 5.74) is 1.97. The molecule has 7 nitrogen and oxygen atoms in total. The molecule has 0 bridgehead atoms. The molecule has 0 spiro atoms. The first-order valence-electron chi connectivity index (χ1n) is 6.26. The number of aryl methyl sites for hydroxylation is 2. The molecule has 0 aliphatic carbocycles. The SMILES string of the molecule is Cc1n[nH]c(C)c1NC(=O)CSc1ccc(Cl)cc1[N+](=O)[O-]. The smallest absolute Gasteiger partial charge is 0.284 e. The van der Waals surface area contributed by atoms with Gasteiger partial charge in [-0.1, -0.05) is 11.6 Å². The number of thioether (sulfide) groups is 1. The van der Waals surface area contributed by atoms with Crippen molar-refractivity contribution in [2.24, 2.45) is 0 Å². The summed E-state index contributed by atoms with van der Waals surface area (Å²) in [4.78, 5) is 22.8. The summed E-state index contributed by atoms with van der Waals surface area (Å²) in [6.07, 6.45) is 0. The number of nitro benzene ring substituents is 1. The van der Waals surface area contributed by atoms with E-state index in [0.717, 1.165) is 17.5 Å². The maximum absolute atomic E-state index is 12.0. The number of nitrogens with zero attached hydrogens (tertiary/aromatic N) is 2. The van der Waals surface area contributed by atoms with Crippen LogP contribution in [0.5, 0.6) is 0 Å². The van der Waals surface area contributed by atoms with Crippen LogP contribution in [-0.2, 0) is 4.79 Å². The van der Waals surface area contributed by atoms with Gasteiger partial charge in [0, 0.05) is 11.1 Å². The van der Waals surface area contributed by atoms with Crippen LogP contribution >= 0.6 is 23.4 Å². The summed E-state index contributed by atoms with van der Waals surface area (Å²) in [6, 6.07) is 4.36. The number of nitrogens with one attached hydrogen (secondary N) is 2. The average molecular weight is 341 g/mol. The van der Waals surface area contributed by atoms with Gasteiger partial charge in [-0.3, -0.25) is 20.0 Å². The molecule has 0 aliphatic heterocycles. The first-order chi connectivity index (χ1) is 10.4. The van der Waals surface area contributed by atoms with Crippen molar-refractivity contribution in [1.29, 1.82) is 0 Å². The molecule has 0 fully saturated rings. The van der Waals surface area contributed by atoms with Crippen LogP contribution in [0, 0.1) is 24.0 Å². The number of rotatable bonds is 5. The lowest BCUT2D eigenvalue weighted by Crippen LogP contribution is -2.15. The van der Waals surface area contributed by atoms with Gasteiger partial charge < -0.3 is 5.32 Å². The number of aromatic amines is 1. The van der Waals surface area contributed by atoms with Crippen LogP contribution in [0.1, 0.15) is 11.4 Å².